The highest BCUT2D eigenvalue weighted by atomic mass is 35.5. The molecule has 0 aliphatic rings. The molecule has 0 N–H and O–H groups in total. The summed E-state index contributed by atoms with van der Waals surface area (Å²) in [5.74, 6) is 0. The van der Waals surface area contributed by atoms with E-state index in [4.69, 9.17) is 11.6 Å². The fourth-order valence-electron chi connectivity index (χ4n) is 2.09. The molecule has 2 heterocycles. The molecule has 3 rings (SSSR count). The minimum Gasteiger partial charge on any atom is -0.224 e. The zero-order chi connectivity index (χ0) is 16.3. The largest absolute Gasteiger partial charge is 0.269 e. The smallest absolute Gasteiger partial charge is 0.224 e. The van der Waals surface area contributed by atoms with E-state index in [1.54, 1.807) is 43.3 Å². The van der Waals surface area contributed by atoms with Crippen LogP contribution in [-0.4, -0.2) is 22.4 Å². The first-order valence-electron chi connectivity index (χ1n) is 6.81. The highest BCUT2D eigenvalue weighted by Gasteiger charge is 2.23. The Morgan fingerprint density at radius 3 is 2.36 bits per heavy atom. The fraction of sp³-hybridized carbons (Fsp3) is 0.200. The summed E-state index contributed by atoms with van der Waals surface area (Å²) in [6.07, 6.45) is 1.25. The van der Waals surface area contributed by atoms with E-state index in [0.29, 0.717) is 11.1 Å². The summed E-state index contributed by atoms with van der Waals surface area (Å²) in [5, 5.41) is 0.756. The molecule has 2 aromatic heterocycles. The standard InChI is InChI=1S/C13H10ClN3O2S.C2H6/c1-9-7-11-12(14)15-8-16-13(11)17(9)20(18,19)10-5-3-2-4-6-10;1-2/h2-8H,1H3;1-2H3. The summed E-state index contributed by atoms with van der Waals surface area (Å²) in [7, 11) is -3.70. The number of halogens is 1. The Balaban J connectivity index is 0.000000847. The van der Waals surface area contributed by atoms with Gasteiger partial charge in [0.05, 0.1) is 10.3 Å². The minimum absolute atomic E-state index is 0.204. The van der Waals surface area contributed by atoms with Gasteiger partial charge in [0, 0.05) is 5.69 Å². The van der Waals surface area contributed by atoms with Crippen LogP contribution in [0.3, 0.4) is 0 Å². The second kappa shape index (κ2) is 6.46. The Bertz CT molecular complexity index is 890. The molecule has 0 aliphatic carbocycles. The van der Waals surface area contributed by atoms with Crippen LogP contribution in [0.5, 0.6) is 0 Å². The zero-order valence-corrected chi connectivity index (χ0v) is 14.1. The molecule has 116 valence electrons. The lowest BCUT2D eigenvalue weighted by Gasteiger charge is -2.08. The molecule has 7 heteroatoms. The van der Waals surface area contributed by atoms with Crippen molar-refractivity contribution in [3.05, 3.63) is 53.6 Å². The number of hydrogen-bond acceptors (Lipinski definition) is 4. The van der Waals surface area contributed by atoms with Gasteiger partial charge in [-0.25, -0.2) is 22.4 Å². The van der Waals surface area contributed by atoms with E-state index in [1.807, 2.05) is 13.8 Å². The molecular formula is C15H16ClN3O2S. The van der Waals surface area contributed by atoms with Crippen molar-refractivity contribution in [1.29, 1.82) is 0 Å². The van der Waals surface area contributed by atoms with Gasteiger partial charge in [-0.15, -0.1) is 0 Å². The average molecular weight is 338 g/mol. The van der Waals surface area contributed by atoms with E-state index in [-0.39, 0.29) is 15.7 Å². The molecule has 0 spiro atoms. The number of aromatic nitrogens is 3. The van der Waals surface area contributed by atoms with Gasteiger partial charge in [-0.2, -0.15) is 0 Å². The average Bonchev–Trinajstić information content (AvgIpc) is 2.88. The third-order valence-electron chi connectivity index (χ3n) is 2.96. The van der Waals surface area contributed by atoms with Gasteiger partial charge in [0.25, 0.3) is 10.0 Å². The first kappa shape index (κ1) is 16.5. The summed E-state index contributed by atoms with van der Waals surface area (Å²) in [6.45, 7) is 5.69. The van der Waals surface area contributed by atoms with Crippen LogP contribution in [0.2, 0.25) is 5.15 Å². The van der Waals surface area contributed by atoms with E-state index in [1.165, 1.54) is 10.3 Å². The molecular weight excluding hydrogens is 322 g/mol. The van der Waals surface area contributed by atoms with Crippen LogP contribution in [0.4, 0.5) is 0 Å². The summed E-state index contributed by atoms with van der Waals surface area (Å²) in [6, 6.07) is 9.87. The molecule has 0 unspecified atom stereocenters. The van der Waals surface area contributed by atoms with Crippen molar-refractivity contribution in [2.45, 2.75) is 25.7 Å². The summed E-state index contributed by atoms with van der Waals surface area (Å²) >= 11 is 5.98. The predicted octanol–water partition coefficient (Wildman–Crippen LogP) is 3.66. The number of hydrogen-bond donors (Lipinski definition) is 0. The molecule has 0 saturated carbocycles. The normalized spacial score (nSPS) is 11.1. The Morgan fingerprint density at radius 2 is 1.73 bits per heavy atom. The molecule has 0 aliphatic heterocycles. The molecule has 1 aromatic carbocycles. The van der Waals surface area contributed by atoms with Crippen LogP contribution in [0.15, 0.2) is 47.6 Å². The van der Waals surface area contributed by atoms with Gasteiger partial charge in [-0.05, 0) is 25.1 Å². The Hall–Kier alpha value is -1.92. The third kappa shape index (κ3) is 2.71. The molecule has 0 atom stereocenters. The lowest BCUT2D eigenvalue weighted by Crippen LogP contribution is -2.14. The van der Waals surface area contributed by atoms with Crippen LogP contribution in [-0.2, 0) is 10.0 Å². The number of nitrogens with zero attached hydrogens (tertiary/aromatic N) is 3. The van der Waals surface area contributed by atoms with Crippen LogP contribution >= 0.6 is 11.6 Å². The highest BCUT2D eigenvalue weighted by Crippen LogP contribution is 2.27. The molecule has 3 aromatic rings. The van der Waals surface area contributed by atoms with E-state index in [2.05, 4.69) is 9.97 Å². The van der Waals surface area contributed by atoms with E-state index in [0.717, 1.165) is 0 Å². The van der Waals surface area contributed by atoms with E-state index in [9.17, 15) is 8.42 Å². The van der Waals surface area contributed by atoms with Crippen molar-refractivity contribution in [2.24, 2.45) is 0 Å². The lowest BCUT2D eigenvalue weighted by atomic mass is 10.4. The maximum atomic E-state index is 12.7. The van der Waals surface area contributed by atoms with Crippen molar-refractivity contribution < 1.29 is 8.42 Å². The Labute approximate surface area is 134 Å². The first-order valence-corrected chi connectivity index (χ1v) is 8.63. The topological polar surface area (TPSA) is 64.8 Å². The van der Waals surface area contributed by atoms with Gasteiger partial charge < -0.3 is 0 Å². The number of benzene rings is 1. The van der Waals surface area contributed by atoms with Gasteiger partial charge in [0.1, 0.15) is 11.5 Å². The number of aryl methyl sites for hydroxylation is 1. The van der Waals surface area contributed by atoms with Crippen molar-refractivity contribution in [3.8, 4) is 0 Å². The summed E-state index contributed by atoms with van der Waals surface area (Å²) in [4.78, 5) is 8.11. The Kier molecular flexibility index (Phi) is 4.83. The molecule has 0 fully saturated rings. The highest BCUT2D eigenvalue weighted by molar-refractivity contribution is 7.90. The summed E-state index contributed by atoms with van der Waals surface area (Å²) in [5.41, 5.74) is 0.817. The van der Waals surface area contributed by atoms with Crippen LogP contribution in [0.1, 0.15) is 19.5 Å². The SMILES string of the molecule is CC.Cc1cc2c(Cl)ncnc2n1S(=O)(=O)c1ccccc1. The predicted molar refractivity (Wildman–Crippen MR) is 87.6 cm³/mol. The minimum atomic E-state index is -3.70. The molecule has 0 amide bonds. The molecule has 5 nitrogen and oxygen atoms in total. The second-order valence-corrected chi connectivity index (χ2v) is 6.41. The van der Waals surface area contributed by atoms with Gasteiger partial charge in [-0.1, -0.05) is 43.6 Å². The van der Waals surface area contributed by atoms with Crippen molar-refractivity contribution >= 4 is 32.7 Å². The fourth-order valence-corrected chi connectivity index (χ4v) is 3.79. The van der Waals surface area contributed by atoms with Gasteiger partial charge in [0.15, 0.2) is 5.65 Å². The van der Waals surface area contributed by atoms with Gasteiger partial charge in [0.2, 0.25) is 0 Å². The van der Waals surface area contributed by atoms with E-state index >= 15 is 0 Å². The lowest BCUT2D eigenvalue weighted by molar-refractivity contribution is 0.587. The van der Waals surface area contributed by atoms with Crippen LogP contribution in [0, 0.1) is 6.92 Å². The maximum absolute atomic E-state index is 12.7. The number of rotatable bonds is 2. The van der Waals surface area contributed by atoms with Crippen molar-refractivity contribution in [3.63, 3.8) is 0 Å². The monoisotopic (exact) mass is 337 g/mol. The number of fused-ring (bicyclic) bond motifs is 1. The first-order chi connectivity index (χ1) is 10.5. The van der Waals surface area contributed by atoms with Crippen LogP contribution < -0.4 is 0 Å². The zero-order valence-electron chi connectivity index (χ0n) is 12.5. The summed E-state index contributed by atoms with van der Waals surface area (Å²) < 4.78 is 26.6. The third-order valence-corrected chi connectivity index (χ3v) is 5.07. The van der Waals surface area contributed by atoms with Crippen molar-refractivity contribution in [2.75, 3.05) is 0 Å². The van der Waals surface area contributed by atoms with Crippen LogP contribution in [0.25, 0.3) is 11.0 Å². The molecule has 0 radical (unpaired) electrons. The Morgan fingerprint density at radius 1 is 1.09 bits per heavy atom. The molecule has 22 heavy (non-hydrogen) atoms. The molecule has 0 bridgehead atoms. The maximum Gasteiger partial charge on any atom is 0.269 e. The van der Waals surface area contributed by atoms with Gasteiger partial charge >= 0.3 is 0 Å². The quantitative estimate of drug-likeness (QED) is 0.669. The van der Waals surface area contributed by atoms with E-state index < -0.39 is 10.0 Å². The second-order valence-electron chi connectivity index (χ2n) is 4.27. The van der Waals surface area contributed by atoms with Gasteiger partial charge in [-0.3, -0.25) is 0 Å². The van der Waals surface area contributed by atoms with Crippen molar-refractivity contribution in [1.82, 2.24) is 13.9 Å². The molecule has 0 saturated heterocycles.